The second-order valence-electron chi connectivity index (χ2n) is 5.67. The van der Waals surface area contributed by atoms with E-state index in [-0.39, 0.29) is 18.0 Å². The maximum atomic E-state index is 13.0. The fraction of sp³-hybridized carbons (Fsp3) is 0.375. The van der Waals surface area contributed by atoms with Crippen molar-refractivity contribution in [3.05, 3.63) is 40.8 Å². The molecule has 0 fully saturated rings. The standard InChI is InChI=1S/C16H15F3N2O3/c1-8-12(9(2)24-20-8)7-21-13-6-11(16(17,18)19)4-5-14(13)23-10(3)15(21)22/h4-6,10H,7H2,1-3H3. The predicted octanol–water partition coefficient (Wildman–Crippen LogP) is 3.62. The minimum atomic E-state index is -4.50. The first-order valence-electron chi connectivity index (χ1n) is 7.29. The maximum absolute atomic E-state index is 13.0. The van der Waals surface area contributed by atoms with Gasteiger partial charge in [-0.05, 0) is 39.0 Å². The summed E-state index contributed by atoms with van der Waals surface area (Å²) in [6, 6.07) is 3.11. The van der Waals surface area contributed by atoms with Gasteiger partial charge in [0.05, 0.1) is 23.5 Å². The van der Waals surface area contributed by atoms with Crippen LogP contribution in [0.3, 0.4) is 0 Å². The number of benzene rings is 1. The Kier molecular flexibility index (Phi) is 3.77. The number of anilines is 1. The van der Waals surface area contributed by atoms with Crippen LogP contribution in [0.5, 0.6) is 5.75 Å². The first-order valence-corrected chi connectivity index (χ1v) is 7.29. The summed E-state index contributed by atoms with van der Waals surface area (Å²) in [6.07, 6.45) is -5.29. The lowest BCUT2D eigenvalue weighted by Crippen LogP contribution is -2.44. The van der Waals surface area contributed by atoms with Crippen LogP contribution in [0.1, 0.15) is 29.5 Å². The Morgan fingerprint density at radius 1 is 1.29 bits per heavy atom. The van der Waals surface area contributed by atoms with E-state index in [9.17, 15) is 18.0 Å². The highest BCUT2D eigenvalue weighted by atomic mass is 19.4. The van der Waals surface area contributed by atoms with E-state index in [0.717, 1.165) is 12.1 Å². The minimum Gasteiger partial charge on any atom is -0.479 e. The lowest BCUT2D eigenvalue weighted by molar-refractivity contribution is -0.137. The summed E-state index contributed by atoms with van der Waals surface area (Å²) in [5.74, 6) is 0.344. The molecule has 1 aliphatic rings. The Morgan fingerprint density at radius 3 is 2.58 bits per heavy atom. The van der Waals surface area contributed by atoms with Gasteiger partial charge in [0.1, 0.15) is 11.5 Å². The monoisotopic (exact) mass is 340 g/mol. The Bertz CT molecular complexity index is 779. The first-order chi connectivity index (χ1) is 11.2. The summed E-state index contributed by atoms with van der Waals surface area (Å²) in [7, 11) is 0. The molecule has 2 aromatic rings. The number of carbonyl (C=O) groups excluding carboxylic acids is 1. The third kappa shape index (κ3) is 2.72. The average Bonchev–Trinajstić information content (AvgIpc) is 2.82. The number of fused-ring (bicyclic) bond motifs is 1. The molecule has 24 heavy (non-hydrogen) atoms. The number of aromatic nitrogens is 1. The number of carbonyl (C=O) groups is 1. The number of halogens is 3. The van der Waals surface area contributed by atoms with Crippen LogP contribution in [-0.4, -0.2) is 17.2 Å². The molecule has 0 saturated carbocycles. The van der Waals surface area contributed by atoms with Gasteiger partial charge in [0.15, 0.2) is 6.10 Å². The molecule has 5 nitrogen and oxygen atoms in total. The predicted molar refractivity (Wildman–Crippen MR) is 78.7 cm³/mol. The third-order valence-corrected chi connectivity index (χ3v) is 3.99. The number of aryl methyl sites for hydroxylation is 2. The highest BCUT2D eigenvalue weighted by Crippen LogP contribution is 2.40. The molecule has 1 aromatic carbocycles. The number of rotatable bonds is 2. The van der Waals surface area contributed by atoms with Gasteiger partial charge in [-0.15, -0.1) is 0 Å². The van der Waals surface area contributed by atoms with Gasteiger partial charge in [-0.1, -0.05) is 5.16 Å². The summed E-state index contributed by atoms with van der Waals surface area (Å²) < 4.78 is 49.5. The van der Waals surface area contributed by atoms with E-state index >= 15 is 0 Å². The molecular formula is C16H15F3N2O3. The molecule has 1 unspecified atom stereocenters. The van der Waals surface area contributed by atoms with Crippen molar-refractivity contribution in [3.8, 4) is 5.75 Å². The van der Waals surface area contributed by atoms with E-state index in [1.807, 2.05) is 0 Å². The van der Waals surface area contributed by atoms with Gasteiger partial charge in [-0.3, -0.25) is 4.79 Å². The van der Waals surface area contributed by atoms with Crippen molar-refractivity contribution in [2.24, 2.45) is 0 Å². The zero-order valence-corrected chi connectivity index (χ0v) is 13.3. The number of alkyl halides is 3. The molecule has 0 spiro atoms. The molecule has 1 aromatic heterocycles. The fourth-order valence-corrected chi connectivity index (χ4v) is 2.63. The number of hydrogen-bond acceptors (Lipinski definition) is 4. The molecule has 0 N–H and O–H groups in total. The van der Waals surface area contributed by atoms with E-state index in [2.05, 4.69) is 5.16 Å². The van der Waals surface area contributed by atoms with E-state index in [0.29, 0.717) is 17.0 Å². The van der Waals surface area contributed by atoms with E-state index < -0.39 is 23.8 Å². The van der Waals surface area contributed by atoms with Gasteiger partial charge in [-0.2, -0.15) is 13.2 Å². The number of hydrogen-bond donors (Lipinski definition) is 0. The zero-order valence-electron chi connectivity index (χ0n) is 13.3. The maximum Gasteiger partial charge on any atom is 0.416 e. The summed E-state index contributed by atoms with van der Waals surface area (Å²) in [5, 5.41) is 3.81. The summed E-state index contributed by atoms with van der Waals surface area (Å²) in [6.45, 7) is 5.04. The molecule has 0 bridgehead atoms. The van der Waals surface area contributed by atoms with Crippen LogP contribution >= 0.6 is 0 Å². The second kappa shape index (κ2) is 5.54. The SMILES string of the molecule is Cc1noc(C)c1CN1C(=O)C(C)Oc2ccc(C(F)(F)F)cc21. The van der Waals surface area contributed by atoms with Crippen LogP contribution in [0.25, 0.3) is 0 Å². The lowest BCUT2D eigenvalue weighted by atomic mass is 10.1. The summed E-state index contributed by atoms with van der Waals surface area (Å²) in [5.41, 5.74) is 0.512. The molecule has 1 aliphatic heterocycles. The third-order valence-electron chi connectivity index (χ3n) is 3.99. The molecule has 0 saturated heterocycles. The van der Waals surface area contributed by atoms with Gasteiger partial charge >= 0.3 is 6.18 Å². The second-order valence-corrected chi connectivity index (χ2v) is 5.67. The number of amides is 1. The van der Waals surface area contributed by atoms with E-state index in [4.69, 9.17) is 9.26 Å². The highest BCUT2D eigenvalue weighted by molar-refractivity contribution is 5.99. The van der Waals surface area contributed by atoms with Crippen LogP contribution in [-0.2, 0) is 17.5 Å². The number of ether oxygens (including phenoxy) is 1. The minimum absolute atomic E-state index is 0.0714. The molecule has 3 rings (SSSR count). The number of nitrogens with zero attached hydrogens (tertiary/aromatic N) is 2. The van der Waals surface area contributed by atoms with Crippen LogP contribution < -0.4 is 9.64 Å². The molecule has 0 radical (unpaired) electrons. The Balaban J connectivity index is 2.07. The molecule has 1 amide bonds. The van der Waals surface area contributed by atoms with Gasteiger partial charge < -0.3 is 14.2 Å². The molecule has 2 heterocycles. The van der Waals surface area contributed by atoms with Crippen LogP contribution in [0.15, 0.2) is 22.7 Å². The summed E-state index contributed by atoms with van der Waals surface area (Å²) in [4.78, 5) is 13.7. The van der Waals surface area contributed by atoms with Crippen molar-refractivity contribution >= 4 is 11.6 Å². The van der Waals surface area contributed by atoms with E-state index in [1.165, 1.54) is 11.0 Å². The Labute approximate surface area is 136 Å². The van der Waals surface area contributed by atoms with Crippen molar-refractivity contribution in [3.63, 3.8) is 0 Å². The van der Waals surface area contributed by atoms with Crippen molar-refractivity contribution in [2.45, 2.75) is 39.6 Å². The molecule has 128 valence electrons. The van der Waals surface area contributed by atoms with Gasteiger partial charge in [0.2, 0.25) is 0 Å². The van der Waals surface area contributed by atoms with Crippen LogP contribution in [0.2, 0.25) is 0 Å². The summed E-state index contributed by atoms with van der Waals surface area (Å²) >= 11 is 0. The largest absolute Gasteiger partial charge is 0.479 e. The highest BCUT2D eigenvalue weighted by Gasteiger charge is 2.36. The fourth-order valence-electron chi connectivity index (χ4n) is 2.63. The Morgan fingerprint density at radius 2 is 2.00 bits per heavy atom. The normalized spacial score (nSPS) is 17.7. The van der Waals surface area contributed by atoms with Crippen molar-refractivity contribution in [1.82, 2.24) is 5.16 Å². The zero-order chi connectivity index (χ0) is 17.6. The Hall–Kier alpha value is -2.51. The molecule has 0 aliphatic carbocycles. The van der Waals surface area contributed by atoms with E-state index in [1.54, 1.807) is 20.8 Å². The molecule has 1 atom stereocenters. The molecule has 8 heteroatoms. The molecular weight excluding hydrogens is 325 g/mol. The van der Waals surface area contributed by atoms with Gasteiger partial charge in [0.25, 0.3) is 5.91 Å². The van der Waals surface area contributed by atoms with Crippen LogP contribution in [0, 0.1) is 13.8 Å². The quantitative estimate of drug-likeness (QED) is 0.838. The van der Waals surface area contributed by atoms with Gasteiger partial charge in [0, 0.05) is 5.56 Å². The smallest absolute Gasteiger partial charge is 0.416 e. The van der Waals surface area contributed by atoms with Crippen molar-refractivity contribution in [1.29, 1.82) is 0 Å². The van der Waals surface area contributed by atoms with Crippen LogP contribution in [0.4, 0.5) is 18.9 Å². The topological polar surface area (TPSA) is 55.6 Å². The first kappa shape index (κ1) is 16.4. The average molecular weight is 340 g/mol. The van der Waals surface area contributed by atoms with Crippen molar-refractivity contribution in [2.75, 3.05) is 4.90 Å². The van der Waals surface area contributed by atoms with Crippen molar-refractivity contribution < 1.29 is 27.2 Å². The van der Waals surface area contributed by atoms with Gasteiger partial charge in [-0.25, -0.2) is 0 Å². The lowest BCUT2D eigenvalue weighted by Gasteiger charge is -2.33.